The van der Waals surface area contributed by atoms with Gasteiger partial charge in [-0.15, -0.1) is 0 Å². The summed E-state index contributed by atoms with van der Waals surface area (Å²) >= 11 is 0. The number of nitrogens with two attached hydrogens (primary N) is 1. The van der Waals surface area contributed by atoms with Crippen LogP contribution < -0.4 is 15.2 Å². The quantitative estimate of drug-likeness (QED) is 0.442. The van der Waals surface area contributed by atoms with E-state index in [9.17, 15) is 9.90 Å². The van der Waals surface area contributed by atoms with Gasteiger partial charge in [0.2, 0.25) is 0 Å². The second-order valence-electron chi connectivity index (χ2n) is 7.03. The van der Waals surface area contributed by atoms with Gasteiger partial charge in [-0.1, -0.05) is 12.1 Å². The van der Waals surface area contributed by atoms with Crippen LogP contribution in [0.2, 0.25) is 0 Å². The molecule has 158 valence electrons. The van der Waals surface area contributed by atoms with Gasteiger partial charge in [0, 0.05) is 29.3 Å². The molecule has 2 aromatic carbocycles. The number of carboxylic acid groups (broad SMARTS) is 1. The number of para-hydroxylation sites is 1. The molecule has 0 bridgehead atoms. The summed E-state index contributed by atoms with van der Waals surface area (Å²) in [6.45, 7) is 0.577. The van der Waals surface area contributed by atoms with Crippen LogP contribution in [0.15, 0.2) is 65.4 Å². The van der Waals surface area contributed by atoms with Crippen LogP contribution in [0.4, 0.5) is 0 Å². The van der Waals surface area contributed by atoms with Gasteiger partial charge in [0.25, 0.3) is 0 Å². The van der Waals surface area contributed by atoms with Gasteiger partial charge in [-0.25, -0.2) is 0 Å². The van der Waals surface area contributed by atoms with E-state index in [1.807, 2.05) is 30.3 Å². The summed E-state index contributed by atoms with van der Waals surface area (Å²) < 4.78 is 17.2. The van der Waals surface area contributed by atoms with Gasteiger partial charge in [0.15, 0.2) is 11.5 Å². The van der Waals surface area contributed by atoms with Crippen LogP contribution >= 0.6 is 0 Å². The molecule has 0 saturated carbocycles. The van der Waals surface area contributed by atoms with Crippen molar-refractivity contribution in [3.8, 4) is 22.6 Å². The van der Waals surface area contributed by atoms with Gasteiger partial charge in [-0.2, -0.15) is 0 Å². The molecule has 4 aromatic rings. The van der Waals surface area contributed by atoms with E-state index in [1.165, 1.54) is 7.11 Å². The van der Waals surface area contributed by atoms with Crippen molar-refractivity contribution in [3.05, 3.63) is 77.8 Å². The fraction of sp³-hybridized carbons (Fsp3) is 0.167. The molecular weight excluding hydrogens is 396 g/mol. The molecule has 3 N–H and O–H groups in total. The highest BCUT2D eigenvalue weighted by atomic mass is 16.5. The van der Waals surface area contributed by atoms with Crippen molar-refractivity contribution in [3.63, 3.8) is 0 Å². The first-order chi connectivity index (χ1) is 15.1. The number of rotatable bonds is 8. The molecule has 0 aliphatic carbocycles. The lowest BCUT2D eigenvalue weighted by Gasteiger charge is -2.15. The number of aromatic nitrogens is 1. The third-order valence-corrected chi connectivity index (χ3v) is 4.95. The Hall–Kier alpha value is -3.84. The number of pyridine rings is 1. The lowest BCUT2D eigenvalue weighted by atomic mass is 10.0. The maximum absolute atomic E-state index is 11.2. The minimum Gasteiger partial charge on any atom is -0.493 e. The standard InChI is InChI=1S/C24H22N2O5/c1-29-21-4-2-3-17(12-22(27)28)24(21)31-14-15-9-18-6-8-30-23(18)20(10-15)16-5-7-26-19(11-16)13-25/h2-11H,12-14,25H2,1H3,(H,27,28). The Morgan fingerprint density at radius 1 is 1.19 bits per heavy atom. The number of ether oxygens (including phenoxy) is 2. The van der Waals surface area contributed by atoms with Crippen molar-refractivity contribution in [2.75, 3.05) is 7.11 Å². The number of fused-ring (bicyclic) bond motifs is 1. The number of carbonyl (C=O) groups is 1. The number of carboxylic acids is 1. The van der Waals surface area contributed by atoms with Crippen LogP contribution in [0.1, 0.15) is 16.8 Å². The van der Waals surface area contributed by atoms with E-state index >= 15 is 0 Å². The summed E-state index contributed by atoms with van der Waals surface area (Å²) in [6.07, 6.45) is 3.22. The molecule has 0 aliphatic heterocycles. The molecule has 0 radical (unpaired) electrons. The maximum Gasteiger partial charge on any atom is 0.307 e. The van der Waals surface area contributed by atoms with E-state index in [2.05, 4.69) is 4.98 Å². The topological polar surface area (TPSA) is 108 Å². The molecular formula is C24H22N2O5. The summed E-state index contributed by atoms with van der Waals surface area (Å²) in [7, 11) is 1.53. The lowest BCUT2D eigenvalue weighted by molar-refractivity contribution is -0.136. The molecule has 0 spiro atoms. The number of hydrogen-bond donors (Lipinski definition) is 2. The molecule has 0 saturated heterocycles. The van der Waals surface area contributed by atoms with E-state index in [4.69, 9.17) is 19.6 Å². The molecule has 0 atom stereocenters. The van der Waals surface area contributed by atoms with Gasteiger partial charge in [0.1, 0.15) is 12.2 Å². The second kappa shape index (κ2) is 8.89. The average Bonchev–Trinajstić information content (AvgIpc) is 3.25. The molecule has 4 rings (SSSR count). The van der Waals surface area contributed by atoms with Gasteiger partial charge in [0.05, 0.1) is 25.5 Å². The molecule has 31 heavy (non-hydrogen) atoms. The van der Waals surface area contributed by atoms with Crippen LogP contribution in [0.5, 0.6) is 11.5 Å². The zero-order valence-corrected chi connectivity index (χ0v) is 17.0. The first-order valence-electron chi connectivity index (χ1n) is 9.75. The molecule has 2 aromatic heterocycles. The Bertz CT molecular complexity index is 1230. The predicted octanol–water partition coefficient (Wildman–Crippen LogP) is 4.17. The van der Waals surface area contributed by atoms with Gasteiger partial charge in [-0.05, 0) is 47.5 Å². The highest BCUT2D eigenvalue weighted by molar-refractivity contribution is 5.93. The Morgan fingerprint density at radius 3 is 2.84 bits per heavy atom. The number of benzene rings is 2. The van der Waals surface area contributed by atoms with Crippen molar-refractivity contribution in [2.24, 2.45) is 5.73 Å². The average molecular weight is 418 g/mol. The lowest BCUT2D eigenvalue weighted by Crippen LogP contribution is -2.06. The molecule has 7 nitrogen and oxygen atoms in total. The van der Waals surface area contributed by atoms with E-state index < -0.39 is 5.97 Å². The van der Waals surface area contributed by atoms with Crippen LogP contribution in [0.3, 0.4) is 0 Å². The van der Waals surface area contributed by atoms with Crippen molar-refractivity contribution < 1.29 is 23.8 Å². The SMILES string of the molecule is COc1cccc(CC(=O)O)c1OCc1cc(-c2ccnc(CN)c2)c2occc2c1. The summed E-state index contributed by atoms with van der Waals surface area (Å²) in [5, 5.41) is 10.2. The third-order valence-electron chi connectivity index (χ3n) is 4.95. The number of aliphatic carboxylic acids is 1. The van der Waals surface area contributed by atoms with Gasteiger partial charge < -0.3 is 24.7 Å². The van der Waals surface area contributed by atoms with Crippen LogP contribution in [-0.4, -0.2) is 23.2 Å². The van der Waals surface area contributed by atoms with E-state index in [0.717, 1.165) is 33.4 Å². The minimum absolute atomic E-state index is 0.155. The fourth-order valence-corrected chi connectivity index (χ4v) is 3.54. The zero-order valence-electron chi connectivity index (χ0n) is 17.0. The molecule has 7 heteroatoms. The van der Waals surface area contributed by atoms with Crippen molar-refractivity contribution in [1.82, 2.24) is 4.98 Å². The number of furan rings is 1. The van der Waals surface area contributed by atoms with Crippen molar-refractivity contribution in [1.29, 1.82) is 0 Å². The van der Waals surface area contributed by atoms with E-state index in [-0.39, 0.29) is 13.0 Å². The molecule has 0 aliphatic rings. The van der Waals surface area contributed by atoms with Crippen molar-refractivity contribution in [2.45, 2.75) is 19.6 Å². The summed E-state index contributed by atoms with van der Waals surface area (Å²) in [4.78, 5) is 15.5. The maximum atomic E-state index is 11.2. The third kappa shape index (κ3) is 4.36. The monoisotopic (exact) mass is 418 g/mol. The van der Waals surface area contributed by atoms with Crippen molar-refractivity contribution >= 4 is 16.9 Å². The number of hydrogen-bond acceptors (Lipinski definition) is 6. The summed E-state index contributed by atoms with van der Waals surface area (Å²) in [6, 6.07) is 14.9. The van der Waals surface area contributed by atoms with E-state index in [1.54, 1.807) is 30.7 Å². The Kier molecular flexibility index (Phi) is 5.86. The minimum atomic E-state index is -0.936. The smallest absolute Gasteiger partial charge is 0.307 e. The first-order valence-corrected chi connectivity index (χ1v) is 9.75. The Balaban J connectivity index is 1.70. The van der Waals surface area contributed by atoms with Crippen LogP contribution in [-0.2, 0) is 24.4 Å². The Labute approximate surface area is 179 Å². The van der Waals surface area contributed by atoms with E-state index in [0.29, 0.717) is 23.6 Å². The van der Waals surface area contributed by atoms with Crippen LogP contribution in [0, 0.1) is 0 Å². The number of nitrogens with zero attached hydrogens (tertiary/aromatic N) is 1. The van der Waals surface area contributed by atoms with Crippen LogP contribution in [0.25, 0.3) is 22.1 Å². The number of methoxy groups -OCH3 is 1. The fourth-order valence-electron chi connectivity index (χ4n) is 3.54. The normalized spacial score (nSPS) is 10.9. The van der Waals surface area contributed by atoms with Gasteiger partial charge >= 0.3 is 5.97 Å². The molecule has 0 amide bonds. The zero-order chi connectivity index (χ0) is 21.8. The summed E-state index contributed by atoms with van der Waals surface area (Å²) in [5.74, 6) is -0.0192. The highest BCUT2D eigenvalue weighted by Crippen LogP contribution is 2.34. The molecule has 2 heterocycles. The summed E-state index contributed by atoms with van der Waals surface area (Å²) in [5.41, 5.74) is 10.6. The Morgan fingerprint density at radius 2 is 2.06 bits per heavy atom. The largest absolute Gasteiger partial charge is 0.493 e. The first kappa shape index (κ1) is 20.4. The predicted molar refractivity (Wildman–Crippen MR) is 116 cm³/mol. The molecule has 0 fully saturated rings. The van der Waals surface area contributed by atoms with Gasteiger partial charge in [-0.3, -0.25) is 9.78 Å². The second-order valence-corrected chi connectivity index (χ2v) is 7.03. The highest BCUT2D eigenvalue weighted by Gasteiger charge is 2.15. The molecule has 0 unspecified atom stereocenters.